The third-order valence-electron chi connectivity index (χ3n) is 4.85. The Labute approximate surface area is 189 Å². The van der Waals surface area contributed by atoms with E-state index >= 15 is 0 Å². The van der Waals surface area contributed by atoms with Gasteiger partial charge in [-0.15, -0.1) is 0 Å². The Balaban J connectivity index is 1.64. The zero-order chi connectivity index (χ0) is 22.7. The van der Waals surface area contributed by atoms with Crippen LogP contribution in [0.2, 0.25) is 5.02 Å². The van der Waals surface area contributed by atoms with Crippen LogP contribution in [0, 0.1) is 24.1 Å². The highest BCUT2D eigenvalue weighted by Crippen LogP contribution is 2.38. The number of H-pyrrole nitrogens is 1. The van der Waals surface area contributed by atoms with E-state index in [9.17, 15) is 9.65 Å². The number of nitrogens with one attached hydrogen (secondary N) is 1. The lowest BCUT2D eigenvalue weighted by Gasteiger charge is -2.14. The number of halogens is 2. The van der Waals surface area contributed by atoms with Crippen molar-refractivity contribution >= 4 is 34.3 Å². The topological polar surface area (TPSA) is 70.9 Å². The zero-order valence-corrected chi connectivity index (χ0v) is 18.2. The van der Waals surface area contributed by atoms with Gasteiger partial charge in [0.25, 0.3) is 0 Å². The van der Waals surface area contributed by atoms with Gasteiger partial charge in [-0.2, -0.15) is 5.26 Å². The number of aromatic amines is 1. The molecule has 0 saturated carbocycles. The molecule has 0 radical (unpaired) electrons. The maximum atomic E-state index is 13.5. The first kappa shape index (κ1) is 21.4. The molecule has 0 bridgehead atoms. The minimum atomic E-state index is -0.382. The highest BCUT2D eigenvalue weighted by molar-refractivity contribution is 6.32. The fourth-order valence-electron chi connectivity index (χ4n) is 3.35. The standard InChI is InChI=1S/C25H19ClFN3O2/c1-15-4-3-5-16(8-15)14-32-24-20(26)10-17(11-23(24)31-2)9-18(13-28)25-29-21-7-6-19(27)12-22(21)30-25/h3-12H,14H2,1-2H3,(H,29,30)/b18-9-. The number of aromatic nitrogens is 2. The van der Waals surface area contributed by atoms with Crippen molar-refractivity contribution in [3.05, 3.63) is 88.0 Å². The Hall–Kier alpha value is -3.82. The number of allylic oxidation sites excluding steroid dienone is 1. The van der Waals surface area contributed by atoms with E-state index < -0.39 is 0 Å². The summed E-state index contributed by atoms with van der Waals surface area (Å²) in [5.74, 6) is 0.821. The summed E-state index contributed by atoms with van der Waals surface area (Å²) >= 11 is 6.48. The molecule has 7 heteroatoms. The first-order chi connectivity index (χ1) is 15.5. The van der Waals surface area contributed by atoms with Crippen LogP contribution in [0.5, 0.6) is 11.5 Å². The number of imidazole rings is 1. The Morgan fingerprint density at radius 1 is 1.22 bits per heavy atom. The number of methoxy groups -OCH3 is 1. The Morgan fingerprint density at radius 2 is 2.06 bits per heavy atom. The molecule has 0 amide bonds. The van der Waals surface area contributed by atoms with E-state index in [1.165, 1.54) is 19.2 Å². The molecule has 160 valence electrons. The zero-order valence-electron chi connectivity index (χ0n) is 17.4. The highest BCUT2D eigenvalue weighted by Gasteiger charge is 2.14. The largest absolute Gasteiger partial charge is 0.493 e. The van der Waals surface area contributed by atoms with E-state index in [4.69, 9.17) is 21.1 Å². The highest BCUT2D eigenvalue weighted by atomic mass is 35.5. The molecule has 0 aliphatic rings. The van der Waals surface area contributed by atoms with Crippen LogP contribution in [0.25, 0.3) is 22.7 Å². The van der Waals surface area contributed by atoms with Gasteiger partial charge in [0.15, 0.2) is 11.5 Å². The predicted molar refractivity (Wildman–Crippen MR) is 123 cm³/mol. The van der Waals surface area contributed by atoms with E-state index in [1.807, 2.05) is 31.2 Å². The lowest BCUT2D eigenvalue weighted by molar-refractivity contribution is 0.284. The second-order valence-corrected chi connectivity index (χ2v) is 7.64. The summed E-state index contributed by atoms with van der Waals surface area (Å²) in [5.41, 5.74) is 4.14. The van der Waals surface area contributed by atoms with Crippen molar-refractivity contribution < 1.29 is 13.9 Å². The summed E-state index contributed by atoms with van der Waals surface area (Å²) in [6, 6.07) is 17.8. The molecule has 0 spiro atoms. The molecule has 0 atom stereocenters. The molecule has 4 aromatic rings. The van der Waals surface area contributed by atoms with Crippen molar-refractivity contribution in [3.8, 4) is 17.6 Å². The van der Waals surface area contributed by atoms with Crippen molar-refractivity contribution in [2.45, 2.75) is 13.5 Å². The van der Waals surface area contributed by atoms with Crippen LogP contribution in [-0.4, -0.2) is 17.1 Å². The fourth-order valence-corrected chi connectivity index (χ4v) is 3.62. The van der Waals surface area contributed by atoms with Crippen LogP contribution < -0.4 is 9.47 Å². The Morgan fingerprint density at radius 3 is 2.81 bits per heavy atom. The maximum absolute atomic E-state index is 13.5. The minimum Gasteiger partial charge on any atom is -0.493 e. The van der Waals surface area contributed by atoms with Gasteiger partial charge in [-0.1, -0.05) is 41.4 Å². The monoisotopic (exact) mass is 447 g/mol. The normalized spacial score (nSPS) is 11.4. The van der Waals surface area contributed by atoms with Gasteiger partial charge in [-0.3, -0.25) is 0 Å². The summed E-state index contributed by atoms with van der Waals surface area (Å²) in [7, 11) is 1.53. The van der Waals surface area contributed by atoms with E-state index in [1.54, 1.807) is 24.3 Å². The quantitative estimate of drug-likeness (QED) is 0.351. The summed E-state index contributed by atoms with van der Waals surface area (Å²) in [6.45, 7) is 2.36. The van der Waals surface area contributed by atoms with E-state index in [-0.39, 0.29) is 11.4 Å². The van der Waals surface area contributed by atoms with Crippen molar-refractivity contribution in [1.82, 2.24) is 9.97 Å². The van der Waals surface area contributed by atoms with Crippen molar-refractivity contribution in [2.75, 3.05) is 7.11 Å². The van der Waals surface area contributed by atoms with Gasteiger partial charge in [0.05, 0.1) is 28.7 Å². The number of fused-ring (bicyclic) bond motifs is 1. The number of rotatable bonds is 6. The van der Waals surface area contributed by atoms with Gasteiger partial charge in [0.1, 0.15) is 24.3 Å². The molecule has 0 fully saturated rings. The number of benzene rings is 3. The van der Waals surface area contributed by atoms with Crippen molar-refractivity contribution in [1.29, 1.82) is 5.26 Å². The van der Waals surface area contributed by atoms with Crippen LogP contribution in [0.3, 0.4) is 0 Å². The van der Waals surface area contributed by atoms with Crippen LogP contribution in [-0.2, 0) is 6.61 Å². The Kier molecular flexibility index (Phi) is 6.11. The molecule has 4 rings (SSSR count). The molecule has 0 aliphatic carbocycles. The molecule has 1 heterocycles. The summed E-state index contributed by atoms with van der Waals surface area (Å²) in [5, 5.41) is 10.0. The third-order valence-corrected chi connectivity index (χ3v) is 5.13. The molecule has 3 aromatic carbocycles. The number of nitrogens with zero attached hydrogens (tertiary/aromatic N) is 2. The number of hydrogen-bond acceptors (Lipinski definition) is 4. The van der Waals surface area contributed by atoms with Crippen LogP contribution in [0.1, 0.15) is 22.5 Å². The van der Waals surface area contributed by atoms with Crippen LogP contribution in [0.4, 0.5) is 4.39 Å². The predicted octanol–water partition coefficient (Wildman–Crippen LogP) is 6.32. The SMILES string of the molecule is COc1cc(/C=C(/C#N)c2nc3ccc(F)cc3[nH]2)cc(Cl)c1OCc1cccc(C)c1. The van der Waals surface area contributed by atoms with Gasteiger partial charge in [-0.05, 0) is 54.5 Å². The summed E-state index contributed by atoms with van der Waals surface area (Å²) < 4.78 is 24.9. The van der Waals surface area contributed by atoms with Gasteiger partial charge >= 0.3 is 0 Å². The first-order valence-electron chi connectivity index (χ1n) is 9.80. The summed E-state index contributed by atoms with van der Waals surface area (Å²) in [4.78, 5) is 7.35. The Bertz CT molecular complexity index is 1370. The van der Waals surface area contributed by atoms with Gasteiger partial charge in [0.2, 0.25) is 0 Å². The molecular formula is C25H19ClFN3O2. The third kappa shape index (κ3) is 4.58. The average molecular weight is 448 g/mol. The van der Waals surface area contributed by atoms with Gasteiger partial charge < -0.3 is 14.5 Å². The summed E-state index contributed by atoms with van der Waals surface area (Å²) in [6.07, 6.45) is 1.63. The van der Waals surface area contributed by atoms with Crippen LogP contribution >= 0.6 is 11.6 Å². The molecule has 0 unspecified atom stereocenters. The van der Waals surface area contributed by atoms with Gasteiger partial charge in [-0.25, -0.2) is 9.37 Å². The number of nitriles is 1. The molecular weight excluding hydrogens is 429 g/mol. The lowest BCUT2D eigenvalue weighted by Crippen LogP contribution is -1.99. The first-order valence-corrected chi connectivity index (χ1v) is 10.2. The number of ether oxygens (including phenoxy) is 2. The fraction of sp³-hybridized carbons (Fsp3) is 0.120. The van der Waals surface area contributed by atoms with Crippen molar-refractivity contribution in [3.63, 3.8) is 0 Å². The molecule has 1 N–H and O–H groups in total. The molecule has 5 nitrogen and oxygen atoms in total. The molecule has 0 aliphatic heterocycles. The molecule has 1 aromatic heterocycles. The van der Waals surface area contributed by atoms with Gasteiger partial charge in [0, 0.05) is 0 Å². The number of hydrogen-bond donors (Lipinski definition) is 1. The lowest BCUT2D eigenvalue weighted by atomic mass is 10.1. The smallest absolute Gasteiger partial charge is 0.180 e. The van der Waals surface area contributed by atoms with E-state index in [0.29, 0.717) is 45.5 Å². The second kappa shape index (κ2) is 9.13. The van der Waals surface area contributed by atoms with Crippen molar-refractivity contribution in [2.24, 2.45) is 0 Å². The average Bonchev–Trinajstić information content (AvgIpc) is 3.19. The van der Waals surface area contributed by atoms with E-state index in [2.05, 4.69) is 16.0 Å². The van der Waals surface area contributed by atoms with E-state index in [0.717, 1.165) is 11.1 Å². The second-order valence-electron chi connectivity index (χ2n) is 7.23. The number of aryl methyl sites for hydroxylation is 1. The van der Waals surface area contributed by atoms with Crippen LogP contribution in [0.15, 0.2) is 54.6 Å². The molecule has 32 heavy (non-hydrogen) atoms. The molecule has 0 saturated heterocycles. The maximum Gasteiger partial charge on any atom is 0.180 e. The minimum absolute atomic E-state index is 0.271.